The van der Waals surface area contributed by atoms with Crippen molar-refractivity contribution >= 4 is 25.2 Å². The third-order valence-electron chi connectivity index (χ3n) is 3.96. The minimum Gasteiger partial charge on any atom is -0.463 e. The molecule has 0 amide bonds. The van der Waals surface area contributed by atoms with Crippen LogP contribution in [0.4, 0.5) is 0 Å². The van der Waals surface area contributed by atoms with Gasteiger partial charge in [-0.2, -0.15) is 0 Å². The zero-order chi connectivity index (χ0) is 18.4. The van der Waals surface area contributed by atoms with Gasteiger partial charge >= 0.3 is 11.9 Å². The van der Waals surface area contributed by atoms with Crippen LogP contribution in [0.25, 0.3) is 0 Å². The fourth-order valence-corrected chi connectivity index (χ4v) is 4.74. The van der Waals surface area contributed by atoms with Crippen molar-refractivity contribution in [2.24, 2.45) is 0 Å². The van der Waals surface area contributed by atoms with Crippen LogP contribution in [-0.2, 0) is 9.47 Å². The van der Waals surface area contributed by atoms with E-state index in [4.69, 9.17) is 18.3 Å². The molecule has 0 fully saturated rings. The molecule has 0 atom stereocenters. The molecule has 3 aromatic rings. The van der Waals surface area contributed by atoms with Crippen LogP contribution in [0.15, 0.2) is 76.0 Å². The summed E-state index contributed by atoms with van der Waals surface area (Å²) in [4.78, 5) is 24.2. The number of hydrogen-bond acceptors (Lipinski definition) is 6. The van der Waals surface area contributed by atoms with E-state index in [0.29, 0.717) is 0 Å². The maximum atomic E-state index is 12.1. The zero-order valence-corrected chi connectivity index (χ0v) is 15.2. The van der Waals surface area contributed by atoms with Crippen LogP contribution in [0.1, 0.15) is 21.1 Å². The van der Waals surface area contributed by atoms with E-state index in [-0.39, 0.29) is 24.0 Å². The second-order valence-corrected chi connectivity index (χ2v) is 10.3. The number of carbonyl (C=O) groups excluding carboxylic acids is 2. The average Bonchev–Trinajstić information content (AvgIpc) is 3.39. The topological polar surface area (TPSA) is 78.9 Å². The Morgan fingerprint density at radius 3 is 1.73 bits per heavy atom. The van der Waals surface area contributed by atoms with E-state index in [2.05, 4.69) is 0 Å². The highest BCUT2D eigenvalue weighted by molar-refractivity contribution is 6.91. The SMILES string of the molecule is C[Si](COC(=O)c1ccco1)(COC(=O)c1ccco1)c1ccccc1. The number of hydrogen-bond donors (Lipinski definition) is 0. The molecule has 0 aliphatic rings. The van der Waals surface area contributed by atoms with Crippen LogP contribution in [0.5, 0.6) is 0 Å². The number of esters is 2. The van der Waals surface area contributed by atoms with Crippen LogP contribution < -0.4 is 5.19 Å². The van der Waals surface area contributed by atoms with E-state index in [9.17, 15) is 9.59 Å². The van der Waals surface area contributed by atoms with Crippen molar-refractivity contribution in [2.75, 3.05) is 12.5 Å². The van der Waals surface area contributed by atoms with Gasteiger partial charge in [0.15, 0.2) is 8.07 Å². The van der Waals surface area contributed by atoms with Gasteiger partial charge in [-0.3, -0.25) is 0 Å². The van der Waals surface area contributed by atoms with Crippen LogP contribution in [0, 0.1) is 0 Å². The molecule has 2 heterocycles. The lowest BCUT2D eigenvalue weighted by atomic mass is 10.4. The lowest BCUT2D eigenvalue weighted by Gasteiger charge is -2.26. The number of furan rings is 2. The molecule has 0 N–H and O–H groups in total. The Morgan fingerprint density at radius 2 is 1.31 bits per heavy atom. The highest BCUT2D eigenvalue weighted by atomic mass is 28.3. The molecule has 0 unspecified atom stereocenters. The fourth-order valence-electron chi connectivity index (χ4n) is 2.43. The maximum absolute atomic E-state index is 12.1. The number of benzene rings is 1. The molecule has 0 saturated heterocycles. The predicted octanol–water partition coefficient (Wildman–Crippen LogP) is 2.95. The molecule has 2 aromatic heterocycles. The van der Waals surface area contributed by atoms with Gasteiger partial charge in [0.1, 0.15) is 0 Å². The predicted molar refractivity (Wildman–Crippen MR) is 95.7 cm³/mol. The largest absolute Gasteiger partial charge is 0.463 e. The highest BCUT2D eigenvalue weighted by Gasteiger charge is 2.34. The monoisotopic (exact) mass is 370 g/mol. The normalized spacial score (nSPS) is 11.1. The Morgan fingerprint density at radius 1 is 0.808 bits per heavy atom. The molecule has 26 heavy (non-hydrogen) atoms. The summed E-state index contributed by atoms with van der Waals surface area (Å²) in [5.74, 6) is -0.798. The van der Waals surface area contributed by atoms with E-state index >= 15 is 0 Å². The molecular formula is C19H18O6Si. The third kappa shape index (κ3) is 4.12. The number of carbonyl (C=O) groups is 2. The second kappa shape index (κ2) is 7.88. The Bertz CT molecular complexity index is 789. The molecule has 0 bridgehead atoms. The van der Waals surface area contributed by atoms with Crippen molar-refractivity contribution in [3.8, 4) is 0 Å². The van der Waals surface area contributed by atoms with Crippen molar-refractivity contribution in [3.05, 3.63) is 78.6 Å². The maximum Gasteiger partial charge on any atom is 0.373 e. The molecule has 0 radical (unpaired) electrons. The number of rotatable bonds is 7. The van der Waals surface area contributed by atoms with Gasteiger partial charge in [0.25, 0.3) is 0 Å². The van der Waals surface area contributed by atoms with Crippen molar-refractivity contribution in [1.82, 2.24) is 0 Å². The molecule has 3 rings (SSSR count). The molecule has 0 aliphatic carbocycles. The van der Waals surface area contributed by atoms with E-state index in [1.54, 1.807) is 24.3 Å². The quantitative estimate of drug-likeness (QED) is 0.470. The molecule has 7 heteroatoms. The molecule has 1 aromatic carbocycles. The first-order valence-electron chi connectivity index (χ1n) is 8.05. The molecule has 6 nitrogen and oxygen atoms in total. The Labute approximate surface area is 151 Å². The minimum atomic E-state index is -2.45. The van der Waals surface area contributed by atoms with Crippen molar-refractivity contribution in [3.63, 3.8) is 0 Å². The minimum absolute atomic E-state index is 0.141. The van der Waals surface area contributed by atoms with Gasteiger partial charge in [-0.25, -0.2) is 9.59 Å². The van der Waals surface area contributed by atoms with E-state index < -0.39 is 20.0 Å². The fraction of sp³-hybridized carbons (Fsp3) is 0.158. The van der Waals surface area contributed by atoms with Gasteiger partial charge in [-0.05, 0) is 24.3 Å². The molecule has 0 spiro atoms. The van der Waals surface area contributed by atoms with Crippen molar-refractivity contribution in [2.45, 2.75) is 6.55 Å². The van der Waals surface area contributed by atoms with Gasteiger partial charge < -0.3 is 18.3 Å². The molecule has 0 aliphatic heterocycles. The summed E-state index contributed by atoms with van der Waals surface area (Å²) < 4.78 is 21.0. The third-order valence-corrected chi connectivity index (χ3v) is 7.25. The first-order valence-corrected chi connectivity index (χ1v) is 11.0. The van der Waals surface area contributed by atoms with Gasteiger partial charge in [-0.15, -0.1) is 0 Å². The number of ether oxygens (including phenoxy) is 2. The summed E-state index contributed by atoms with van der Waals surface area (Å²) in [5, 5.41) is 1.01. The zero-order valence-electron chi connectivity index (χ0n) is 14.2. The van der Waals surface area contributed by atoms with Gasteiger partial charge in [0.05, 0.1) is 25.0 Å². The standard InChI is InChI=1S/C19H18O6Si/c1-26(15-7-3-2-4-8-15,13-24-18(20)16-9-5-11-22-16)14-25-19(21)17-10-6-12-23-17/h2-12H,13-14H2,1H3. The van der Waals surface area contributed by atoms with Crippen LogP contribution >= 0.6 is 0 Å². The van der Waals surface area contributed by atoms with Crippen LogP contribution in [0.2, 0.25) is 6.55 Å². The first-order chi connectivity index (χ1) is 12.6. The van der Waals surface area contributed by atoms with Gasteiger partial charge in [-0.1, -0.05) is 42.1 Å². The molecular weight excluding hydrogens is 352 g/mol. The summed E-state index contributed by atoms with van der Waals surface area (Å²) in [6.07, 6.45) is 3.13. The molecule has 134 valence electrons. The molecule has 0 saturated carbocycles. The summed E-state index contributed by atoms with van der Waals surface area (Å²) in [6, 6.07) is 15.9. The second-order valence-electron chi connectivity index (χ2n) is 6.03. The lowest BCUT2D eigenvalue weighted by molar-refractivity contribution is 0.0499. The highest BCUT2D eigenvalue weighted by Crippen LogP contribution is 2.11. The van der Waals surface area contributed by atoms with Crippen LogP contribution in [0.3, 0.4) is 0 Å². The Hall–Kier alpha value is -3.06. The van der Waals surface area contributed by atoms with Crippen molar-refractivity contribution < 1.29 is 27.9 Å². The van der Waals surface area contributed by atoms with E-state index in [1.807, 2.05) is 36.9 Å². The Kier molecular flexibility index (Phi) is 5.38. The summed E-state index contributed by atoms with van der Waals surface area (Å²) in [5.41, 5.74) is 0. The Balaban J connectivity index is 1.71. The van der Waals surface area contributed by atoms with E-state index in [1.165, 1.54) is 12.5 Å². The van der Waals surface area contributed by atoms with E-state index in [0.717, 1.165) is 5.19 Å². The average molecular weight is 370 g/mol. The van der Waals surface area contributed by atoms with Crippen LogP contribution in [-0.4, -0.2) is 32.5 Å². The summed E-state index contributed by atoms with van der Waals surface area (Å²) in [7, 11) is -2.45. The van der Waals surface area contributed by atoms with Gasteiger partial charge in [0.2, 0.25) is 11.5 Å². The smallest absolute Gasteiger partial charge is 0.373 e. The summed E-state index contributed by atoms with van der Waals surface area (Å²) >= 11 is 0. The van der Waals surface area contributed by atoms with Gasteiger partial charge in [0, 0.05) is 0 Å². The lowest BCUT2D eigenvalue weighted by Crippen LogP contribution is -2.54. The first kappa shape index (κ1) is 17.8. The summed E-state index contributed by atoms with van der Waals surface area (Å²) in [6.45, 7) is 1.99. The van der Waals surface area contributed by atoms with Crippen molar-refractivity contribution in [1.29, 1.82) is 0 Å².